The van der Waals surface area contributed by atoms with E-state index in [4.69, 9.17) is 21.1 Å². The predicted octanol–water partition coefficient (Wildman–Crippen LogP) is 6.69. The van der Waals surface area contributed by atoms with E-state index in [2.05, 4.69) is 15.3 Å². The molecular weight excluding hydrogens is 881 g/mol. The van der Waals surface area contributed by atoms with Crippen LogP contribution in [-0.4, -0.2) is 115 Å². The number of halogens is 2. The first kappa shape index (κ1) is 45.4. The Balaban J connectivity index is 0.906. The number of carbonyl (C=O) groups is 5. The fraction of sp³-hybridized carbons (Fsp3) is 0.360. The molecule has 2 aromatic heterocycles. The first-order valence-corrected chi connectivity index (χ1v) is 22.9. The van der Waals surface area contributed by atoms with Crippen LogP contribution in [0.1, 0.15) is 69.5 Å². The van der Waals surface area contributed by atoms with Crippen molar-refractivity contribution in [2.24, 2.45) is 7.05 Å². The number of carboxylic acid groups (broad SMARTS) is 1. The smallest absolute Gasteiger partial charge is 0.352 e. The summed E-state index contributed by atoms with van der Waals surface area (Å²) < 4.78 is 30.1. The van der Waals surface area contributed by atoms with Gasteiger partial charge in [0, 0.05) is 91.5 Å². The highest BCUT2D eigenvalue weighted by atomic mass is 35.5. The molecule has 348 valence electrons. The fourth-order valence-corrected chi connectivity index (χ4v) is 10.2. The van der Waals surface area contributed by atoms with Crippen molar-refractivity contribution < 1.29 is 42.9 Å². The number of piperazine rings is 1. The number of hydrogen-bond acceptors (Lipinski definition) is 9. The number of fused-ring (bicyclic) bond motifs is 3. The number of aromatic nitrogens is 3. The van der Waals surface area contributed by atoms with Gasteiger partial charge in [0.15, 0.2) is 6.10 Å². The number of aryl methyl sites for hydroxylation is 3. The number of benzene rings is 4. The van der Waals surface area contributed by atoms with Gasteiger partial charge in [-0.25, -0.2) is 9.18 Å². The van der Waals surface area contributed by atoms with Gasteiger partial charge in [-0.3, -0.25) is 34.1 Å². The van der Waals surface area contributed by atoms with Crippen molar-refractivity contribution >= 4 is 62.9 Å². The van der Waals surface area contributed by atoms with Gasteiger partial charge >= 0.3 is 5.97 Å². The fourth-order valence-electron chi connectivity index (χ4n) is 9.97. The number of carbonyl (C=O) groups excluding carboxylic acids is 4. The number of aromatic carboxylic acids is 1. The molecule has 4 aromatic carbocycles. The summed E-state index contributed by atoms with van der Waals surface area (Å²) in [6, 6.07) is 18.1. The Hall–Kier alpha value is -6.78. The zero-order valence-corrected chi connectivity index (χ0v) is 38.5. The quantitative estimate of drug-likeness (QED) is 0.0888. The molecule has 0 unspecified atom stereocenters. The normalized spacial score (nSPS) is 17.0. The van der Waals surface area contributed by atoms with Gasteiger partial charge in [-0.05, 0) is 93.4 Å². The number of ether oxygens (including phenoxy) is 2. The maximum atomic E-state index is 14.0. The second-order valence-electron chi connectivity index (χ2n) is 17.5. The van der Waals surface area contributed by atoms with Crippen molar-refractivity contribution in [1.82, 2.24) is 34.4 Å². The van der Waals surface area contributed by atoms with Crippen molar-refractivity contribution in [1.29, 1.82) is 0 Å². The van der Waals surface area contributed by atoms with Crippen LogP contribution < -0.4 is 14.8 Å². The lowest BCUT2D eigenvalue weighted by atomic mass is 9.98. The lowest BCUT2D eigenvalue weighted by Crippen LogP contribution is -2.52. The third kappa shape index (κ3) is 8.59. The molecular formula is C50H51ClFN7O8. The van der Waals surface area contributed by atoms with Crippen LogP contribution in [-0.2, 0) is 40.9 Å². The minimum absolute atomic E-state index is 0.123. The van der Waals surface area contributed by atoms with Gasteiger partial charge in [-0.1, -0.05) is 35.9 Å². The van der Waals surface area contributed by atoms with Gasteiger partial charge in [0.25, 0.3) is 11.8 Å². The molecule has 5 heterocycles. The number of carboxylic acids is 1. The third-order valence-corrected chi connectivity index (χ3v) is 13.7. The van der Waals surface area contributed by atoms with Crippen LogP contribution in [0.5, 0.6) is 11.5 Å². The van der Waals surface area contributed by atoms with E-state index < -0.39 is 24.0 Å². The molecule has 17 heteroatoms. The molecule has 2 atom stereocenters. The number of nitrogens with one attached hydrogen (secondary N) is 1. The molecule has 0 bridgehead atoms. The van der Waals surface area contributed by atoms with Gasteiger partial charge in [0.1, 0.15) is 29.1 Å². The van der Waals surface area contributed by atoms with E-state index in [1.54, 1.807) is 40.8 Å². The minimum Gasteiger partial charge on any atom is -0.493 e. The van der Waals surface area contributed by atoms with Crippen LogP contribution in [0.4, 0.5) is 4.39 Å². The molecule has 3 aliphatic rings. The number of imide groups is 1. The van der Waals surface area contributed by atoms with E-state index in [0.717, 1.165) is 38.7 Å². The van der Waals surface area contributed by atoms with Crippen molar-refractivity contribution in [3.8, 4) is 22.6 Å². The summed E-state index contributed by atoms with van der Waals surface area (Å²) in [5, 5.41) is 20.7. The third-order valence-electron chi connectivity index (χ3n) is 13.4. The van der Waals surface area contributed by atoms with Crippen LogP contribution in [0.15, 0.2) is 66.7 Å². The molecule has 0 spiro atoms. The predicted molar refractivity (Wildman–Crippen MR) is 249 cm³/mol. The molecule has 6 aromatic rings. The van der Waals surface area contributed by atoms with Crippen molar-refractivity contribution in [2.75, 3.05) is 39.3 Å². The molecule has 2 N–H and O–H groups in total. The van der Waals surface area contributed by atoms with Crippen LogP contribution in [0.2, 0.25) is 5.02 Å². The molecule has 15 nitrogen and oxygen atoms in total. The zero-order chi connectivity index (χ0) is 47.3. The number of hydrogen-bond donors (Lipinski definition) is 2. The van der Waals surface area contributed by atoms with E-state index in [1.807, 2.05) is 55.8 Å². The van der Waals surface area contributed by atoms with Gasteiger partial charge in [0.2, 0.25) is 11.8 Å². The lowest BCUT2D eigenvalue weighted by Gasteiger charge is -2.36. The van der Waals surface area contributed by atoms with Gasteiger partial charge in [-0.15, -0.1) is 0 Å². The van der Waals surface area contributed by atoms with Crippen molar-refractivity contribution in [3.63, 3.8) is 0 Å². The molecule has 3 aliphatic heterocycles. The van der Waals surface area contributed by atoms with E-state index >= 15 is 0 Å². The average Bonchev–Trinajstić information content (AvgIpc) is 3.90. The number of piperidine rings is 1. The summed E-state index contributed by atoms with van der Waals surface area (Å²) in [4.78, 5) is 70.4. The average molecular weight is 932 g/mol. The Morgan fingerprint density at radius 3 is 2.43 bits per heavy atom. The van der Waals surface area contributed by atoms with Gasteiger partial charge in [0.05, 0.1) is 29.4 Å². The van der Waals surface area contributed by atoms with Gasteiger partial charge in [-0.2, -0.15) is 5.10 Å². The van der Waals surface area contributed by atoms with Crippen molar-refractivity contribution in [2.45, 2.75) is 71.7 Å². The number of nitrogens with zero attached hydrogens (tertiary/aromatic N) is 6. The second-order valence-corrected chi connectivity index (χ2v) is 17.9. The molecule has 0 radical (unpaired) electrons. The molecule has 2 fully saturated rings. The number of rotatable bonds is 14. The maximum absolute atomic E-state index is 14.0. The Morgan fingerprint density at radius 2 is 1.70 bits per heavy atom. The summed E-state index contributed by atoms with van der Waals surface area (Å²) in [5.41, 5.74) is 5.77. The van der Waals surface area contributed by atoms with Crippen molar-refractivity contribution in [3.05, 3.63) is 111 Å². The Labute approximate surface area is 390 Å². The molecule has 0 aliphatic carbocycles. The second kappa shape index (κ2) is 18.5. The summed E-state index contributed by atoms with van der Waals surface area (Å²) in [7, 11) is 1.87. The lowest BCUT2D eigenvalue weighted by molar-refractivity contribution is -0.140. The number of amides is 4. The summed E-state index contributed by atoms with van der Waals surface area (Å²) >= 11 is 7.07. The van der Waals surface area contributed by atoms with Crippen LogP contribution >= 0.6 is 11.6 Å². The standard InChI is InChI=1S/C50H51ClFN7O8/c1-28-43(29(2)55(4)54-28)44-38(51)16-15-35-34(10-7-25-66-40-11-5-8-31-26-32(52)13-14-33(31)40)46(50(64)65)58(45(35)44)24-21-56-19-22-57(23-20-56)48(62)30(3)67-41-12-6-9-36-37(41)27-59(49(36)63)39-17-18-42(60)53-47(39)61/h5-6,8-9,11-16,26,30,39H,7,10,17-25,27H2,1-4H3,(H,64,65)(H,53,60,61)/t30-,39-/m0/s1. The van der Waals surface area contributed by atoms with Gasteiger partial charge < -0.3 is 28.9 Å². The van der Waals surface area contributed by atoms with E-state index in [0.29, 0.717) is 97.4 Å². The molecule has 0 saturated carbocycles. The Morgan fingerprint density at radius 1 is 0.955 bits per heavy atom. The minimum atomic E-state index is -1.06. The van der Waals surface area contributed by atoms with E-state index in [9.17, 15) is 33.5 Å². The zero-order valence-electron chi connectivity index (χ0n) is 37.7. The van der Waals surface area contributed by atoms with E-state index in [1.165, 1.54) is 17.0 Å². The molecule has 2 saturated heterocycles. The van der Waals surface area contributed by atoms with E-state index in [-0.39, 0.29) is 48.6 Å². The Kier molecular flexibility index (Phi) is 12.5. The molecule has 67 heavy (non-hydrogen) atoms. The summed E-state index contributed by atoms with van der Waals surface area (Å²) in [5.74, 6) is -1.79. The highest BCUT2D eigenvalue weighted by Gasteiger charge is 2.41. The first-order valence-electron chi connectivity index (χ1n) is 22.5. The van der Waals surface area contributed by atoms with Crippen LogP contribution in [0, 0.1) is 19.7 Å². The summed E-state index contributed by atoms with van der Waals surface area (Å²) in [6.45, 7) is 8.71. The molecule has 4 amide bonds. The monoisotopic (exact) mass is 931 g/mol. The highest BCUT2D eigenvalue weighted by molar-refractivity contribution is 6.35. The topological polar surface area (TPSA) is 169 Å². The summed E-state index contributed by atoms with van der Waals surface area (Å²) in [6.07, 6.45) is 0.415. The Bertz CT molecular complexity index is 2990. The molecule has 9 rings (SSSR count). The SMILES string of the molecule is Cc1nn(C)c(C)c1-c1c(Cl)ccc2c(CCCOc3cccc4cc(F)ccc34)c(C(=O)O)n(CCN3CCN(C(=O)[C@H](C)Oc4cccc5c4CN([C@H]4CCC(=O)NC4=O)C5=O)CC3)c12. The first-order chi connectivity index (χ1) is 32.2. The maximum Gasteiger partial charge on any atom is 0.352 e. The van der Waals surface area contributed by atoms with Crippen LogP contribution in [0.25, 0.3) is 32.8 Å². The largest absolute Gasteiger partial charge is 0.493 e. The van der Waals surface area contributed by atoms with Crippen LogP contribution in [0.3, 0.4) is 0 Å². The highest BCUT2D eigenvalue weighted by Crippen LogP contribution is 2.42.